The molecular formula is C23H17ClF4N6O3S. The molecule has 15 heteroatoms. The van der Waals surface area contributed by atoms with Gasteiger partial charge in [0.15, 0.2) is 11.5 Å². The van der Waals surface area contributed by atoms with E-state index in [0.29, 0.717) is 15.6 Å². The fourth-order valence-electron chi connectivity index (χ4n) is 3.26. The van der Waals surface area contributed by atoms with Crippen molar-refractivity contribution in [3.8, 4) is 16.9 Å². The molecule has 0 aliphatic rings. The largest absolute Gasteiger partial charge is 0.435 e. The number of anilines is 2. The van der Waals surface area contributed by atoms with Crippen LogP contribution in [0.25, 0.3) is 16.9 Å². The van der Waals surface area contributed by atoms with Crippen LogP contribution in [0.2, 0.25) is 5.02 Å². The van der Waals surface area contributed by atoms with E-state index in [1.807, 2.05) is 0 Å². The molecule has 0 aliphatic heterocycles. The Morgan fingerprint density at radius 1 is 1.13 bits per heavy atom. The predicted octanol–water partition coefficient (Wildman–Crippen LogP) is 4.92. The van der Waals surface area contributed by atoms with Crippen molar-refractivity contribution in [3.05, 3.63) is 83.0 Å². The molecular weight excluding hydrogens is 552 g/mol. The molecule has 0 aliphatic carbocycles. The molecule has 4 aromatic rings. The zero-order valence-electron chi connectivity index (χ0n) is 19.5. The molecule has 1 N–H and O–H groups in total. The second-order valence-corrected chi connectivity index (χ2v) is 10.4. The maximum atomic E-state index is 13.5. The molecule has 1 amide bonds. The molecule has 2 heterocycles. The Kier molecular flexibility index (Phi) is 7.12. The van der Waals surface area contributed by atoms with E-state index < -0.39 is 33.6 Å². The van der Waals surface area contributed by atoms with E-state index in [1.54, 1.807) is 6.07 Å². The molecule has 0 fully saturated rings. The van der Waals surface area contributed by atoms with Gasteiger partial charge < -0.3 is 5.32 Å². The summed E-state index contributed by atoms with van der Waals surface area (Å²) in [5.74, 6) is -1.63. The first-order valence-electron chi connectivity index (χ1n) is 10.5. The van der Waals surface area contributed by atoms with Crippen LogP contribution in [-0.4, -0.2) is 51.7 Å². The highest BCUT2D eigenvalue weighted by Gasteiger charge is 2.34. The SMILES string of the molecule is CN(C(=O)c1cccc(-c2cnc(Nc3ccc(F)c(Cl)c3)nc2-n2ccc(C(F)(F)F)n2)c1)S(C)(=O)=O. The third kappa shape index (κ3) is 5.75. The zero-order valence-corrected chi connectivity index (χ0v) is 21.1. The maximum absolute atomic E-state index is 13.5. The number of alkyl halides is 3. The minimum Gasteiger partial charge on any atom is -0.324 e. The lowest BCUT2D eigenvalue weighted by molar-refractivity contribution is -0.141. The van der Waals surface area contributed by atoms with E-state index in [9.17, 15) is 30.8 Å². The summed E-state index contributed by atoms with van der Waals surface area (Å²) in [5.41, 5.74) is -0.376. The number of rotatable bonds is 6. The third-order valence-electron chi connectivity index (χ3n) is 5.24. The maximum Gasteiger partial charge on any atom is 0.435 e. The molecule has 0 unspecified atom stereocenters. The van der Waals surface area contributed by atoms with Crippen molar-refractivity contribution >= 4 is 39.2 Å². The number of hydrogen-bond acceptors (Lipinski definition) is 7. The second-order valence-electron chi connectivity index (χ2n) is 7.94. The summed E-state index contributed by atoms with van der Waals surface area (Å²) in [6.07, 6.45) is -1.50. The molecule has 0 saturated carbocycles. The van der Waals surface area contributed by atoms with Crippen LogP contribution in [0.15, 0.2) is 60.9 Å². The first kappa shape index (κ1) is 27.0. The second kappa shape index (κ2) is 10.0. The molecule has 0 bridgehead atoms. The minimum atomic E-state index is -4.72. The molecule has 4 rings (SSSR count). The van der Waals surface area contributed by atoms with Gasteiger partial charge in [0.2, 0.25) is 16.0 Å². The van der Waals surface area contributed by atoms with Gasteiger partial charge in [0.05, 0.1) is 11.3 Å². The Morgan fingerprint density at radius 2 is 1.87 bits per heavy atom. The molecule has 0 atom stereocenters. The average molecular weight is 569 g/mol. The zero-order chi connectivity index (χ0) is 27.8. The number of nitrogens with one attached hydrogen (secondary N) is 1. The number of carbonyl (C=O) groups excluding carboxylic acids is 1. The van der Waals surface area contributed by atoms with Crippen LogP contribution >= 0.6 is 11.6 Å². The van der Waals surface area contributed by atoms with Crippen molar-refractivity contribution in [2.45, 2.75) is 6.18 Å². The van der Waals surface area contributed by atoms with Crippen LogP contribution in [0.3, 0.4) is 0 Å². The summed E-state index contributed by atoms with van der Waals surface area (Å²) in [5, 5.41) is 6.20. The van der Waals surface area contributed by atoms with Gasteiger partial charge in [-0.15, -0.1) is 0 Å². The van der Waals surface area contributed by atoms with Crippen LogP contribution < -0.4 is 5.32 Å². The van der Waals surface area contributed by atoms with Crippen molar-refractivity contribution in [1.82, 2.24) is 24.1 Å². The molecule has 0 saturated heterocycles. The normalized spacial score (nSPS) is 11.9. The van der Waals surface area contributed by atoms with Gasteiger partial charge in [-0.25, -0.2) is 26.8 Å². The van der Waals surface area contributed by atoms with Gasteiger partial charge in [-0.1, -0.05) is 23.7 Å². The Morgan fingerprint density at radius 3 is 2.50 bits per heavy atom. The Labute approximate surface area is 218 Å². The monoisotopic (exact) mass is 568 g/mol. The fraction of sp³-hybridized carbons (Fsp3) is 0.130. The van der Waals surface area contributed by atoms with E-state index in [0.717, 1.165) is 36.3 Å². The van der Waals surface area contributed by atoms with Crippen molar-refractivity contribution in [3.63, 3.8) is 0 Å². The van der Waals surface area contributed by atoms with Gasteiger partial charge in [-0.2, -0.15) is 23.3 Å². The lowest BCUT2D eigenvalue weighted by Crippen LogP contribution is -2.32. The van der Waals surface area contributed by atoms with Gasteiger partial charge in [-0.3, -0.25) is 4.79 Å². The summed E-state index contributed by atoms with van der Waals surface area (Å²) < 4.78 is 78.3. The van der Waals surface area contributed by atoms with Gasteiger partial charge in [0, 0.05) is 36.3 Å². The topological polar surface area (TPSA) is 110 Å². The van der Waals surface area contributed by atoms with Crippen LogP contribution in [0, 0.1) is 5.82 Å². The standard InChI is InChI=1S/C23H17ClF4N6O3S/c1-33(38(2,36)37)21(35)14-5-3-4-13(10-14)16-12-29-22(30-15-6-7-18(25)17(24)11-15)31-20(16)34-9-8-19(32-34)23(26,27)28/h3-12H,1-2H3,(H,29,30,31). The van der Waals surface area contributed by atoms with Crippen LogP contribution in [0.1, 0.15) is 16.1 Å². The lowest BCUT2D eigenvalue weighted by Gasteiger charge is -2.16. The first-order valence-corrected chi connectivity index (χ1v) is 12.8. The Hall–Kier alpha value is -4.04. The number of amides is 1. The van der Waals surface area contributed by atoms with E-state index >= 15 is 0 Å². The Bertz CT molecular complexity index is 1640. The van der Waals surface area contributed by atoms with E-state index in [4.69, 9.17) is 11.6 Å². The molecule has 38 heavy (non-hydrogen) atoms. The van der Waals surface area contributed by atoms with Gasteiger partial charge in [0.25, 0.3) is 5.91 Å². The highest BCUT2D eigenvalue weighted by atomic mass is 35.5. The third-order valence-corrected chi connectivity index (χ3v) is 6.70. The van der Waals surface area contributed by atoms with Crippen LogP contribution in [0.4, 0.5) is 29.2 Å². The molecule has 198 valence electrons. The van der Waals surface area contributed by atoms with Gasteiger partial charge in [0.1, 0.15) is 5.82 Å². The summed E-state index contributed by atoms with van der Waals surface area (Å²) in [4.78, 5) is 21.2. The van der Waals surface area contributed by atoms with Crippen LogP contribution in [-0.2, 0) is 16.2 Å². The highest BCUT2D eigenvalue weighted by Crippen LogP contribution is 2.31. The smallest absolute Gasteiger partial charge is 0.324 e. The molecule has 0 radical (unpaired) electrons. The van der Waals surface area contributed by atoms with E-state index in [2.05, 4.69) is 20.4 Å². The van der Waals surface area contributed by atoms with Crippen molar-refractivity contribution < 1.29 is 30.8 Å². The summed E-state index contributed by atoms with van der Waals surface area (Å²) in [6.45, 7) is 0. The summed E-state index contributed by atoms with van der Waals surface area (Å²) in [6, 6.07) is 10.3. The van der Waals surface area contributed by atoms with Crippen molar-refractivity contribution in [2.75, 3.05) is 18.6 Å². The summed E-state index contributed by atoms with van der Waals surface area (Å²) >= 11 is 5.80. The number of halogens is 5. The molecule has 0 spiro atoms. The number of nitrogens with zero attached hydrogens (tertiary/aromatic N) is 5. The quantitative estimate of drug-likeness (QED) is 0.329. The van der Waals surface area contributed by atoms with Crippen molar-refractivity contribution in [2.24, 2.45) is 0 Å². The number of hydrogen-bond donors (Lipinski definition) is 1. The van der Waals surface area contributed by atoms with Gasteiger partial charge >= 0.3 is 6.18 Å². The highest BCUT2D eigenvalue weighted by molar-refractivity contribution is 7.88. The fourth-order valence-corrected chi connectivity index (χ4v) is 3.85. The molecule has 2 aromatic carbocycles. The number of sulfonamides is 1. The Balaban J connectivity index is 1.81. The van der Waals surface area contributed by atoms with E-state index in [1.165, 1.54) is 36.5 Å². The van der Waals surface area contributed by atoms with Crippen molar-refractivity contribution in [1.29, 1.82) is 0 Å². The molecule has 9 nitrogen and oxygen atoms in total. The van der Waals surface area contributed by atoms with E-state index in [-0.39, 0.29) is 27.9 Å². The van der Waals surface area contributed by atoms with Gasteiger partial charge in [-0.05, 0) is 42.0 Å². The number of carbonyl (C=O) groups is 1. The average Bonchev–Trinajstić information content (AvgIpc) is 3.36. The first-order chi connectivity index (χ1) is 17.7. The number of aromatic nitrogens is 4. The lowest BCUT2D eigenvalue weighted by atomic mass is 10.0. The van der Waals surface area contributed by atoms with Crippen LogP contribution in [0.5, 0.6) is 0 Å². The minimum absolute atomic E-state index is 0.000904. The predicted molar refractivity (Wildman–Crippen MR) is 131 cm³/mol. The number of benzene rings is 2. The summed E-state index contributed by atoms with van der Waals surface area (Å²) in [7, 11) is -2.73. The molecule has 2 aromatic heterocycles.